The zero-order valence-electron chi connectivity index (χ0n) is 6.54. The molecule has 1 saturated heterocycles. The third-order valence-electron chi connectivity index (χ3n) is 2.14. The molecule has 0 aromatic heterocycles. The SMILES string of the molecule is CCC(C(=O)O)C1(N)CSC1. The molecule has 11 heavy (non-hydrogen) atoms. The van der Waals surface area contributed by atoms with Gasteiger partial charge in [-0.2, -0.15) is 11.8 Å². The van der Waals surface area contributed by atoms with Crippen molar-refractivity contribution in [3.8, 4) is 0 Å². The molecule has 0 bridgehead atoms. The van der Waals surface area contributed by atoms with Crippen molar-refractivity contribution in [1.29, 1.82) is 0 Å². The van der Waals surface area contributed by atoms with Gasteiger partial charge in [-0.05, 0) is 6.42 Å². The molecule has 1 unspecified atom stereocenters. The summed E-state index contributed by atoms with van der Waals surface area (Å²) >= 11 is 1.72. The van der Waals surface area contributed by atoms with Crippen molar-refractivity contribution in [3.05, 3.63) is 0 Å². The fraction of sp³-hybridized carbons (Fsp3) is 0.857. The monoisotopic (exact) mass is 175 g/mol. The molecule has 0 amide bonds. The highest BCUT2D eigenvalue weighted by Crippen LogP contribution is 2.35. The molecule has 1 fully saturated rings. The maximum Gasteiger partial charge on any atom is 0.308 e. The van der Waals surface area contributed by atoms with Crippen LogP contribution in [0, 0.1) is 5.92 Å². The molecule has 4 heteroatoms. The second-order valence-electron chi connectivity index (χ2n) is 3.03. The highest BCUT2D eigenvalue weighted by molar-refractivity contribution is 8.00. The van der Waals surface area contributed by atoms with Gasteiger partial charge in [0.05, 0.1) is 5.92 Å². The van der Waals surface area contributed by atoms with Crippen molar-refractivity contribution in [2.24, 2.45) is 11.7 Å². The van der Waals surface area contributed by atoms with Crippen LogP contribution >= 0.6 is 11.8 Å². The van der Waals surface area contributed by atoms with Gasteiger partial charge in [0.2, 0.25) is 0 Å². The number of carbonyl (C=O) groups is 1. The average molecular weight is 175 g/mol. The summed E-state index contributed by atoms with van der Waals surface area (Å²) in [7, 11) is 0. The lowest BCUT2D eigenvalue weighted by Gasteiger charge is -2.41. The summed E-state index contributed by atoms with van der Waals surface area (Å²) in [6.07, 6.45) is 0.631. The summed E-state index contributed by atoms with van der Waals surface area (Å²) in [6.45, 7) is 1.87. The zero-order valence-corrected chi connectivity index (χ0v) is 7.36. The van der Waals surface area contributed by atoms with Gasteiger partial charge in [-0.3, -0.25) is 4.79 Å². The van der Waals surface area contributed by atoms with E-state index in [9.17, 15) is 4.79 Å². The summed E-state index contributed by atoms with van der Waals surface area (Å²) < 4.78 is 0. The maximum atomic E-state index is 10.7. The van der Waals surface area contributed by atoms with E-state index in [-0.39, 0.29) is 5.92 Å². The Kier molecular flexibility index (Phi) is 2.44. The predicted molar refractivity (Wildman–Crippen MR) is 45.7 cm³/mol. The Morgan fingerprint density at radius 3 is 2.45 bits per heavy atom. The Morgan fingerprint density at radius 2 is 2.36 bits per heavy atom. The number of thioether (sulfide) groups is 1. The van der Waals surface area contributed by atoms with Gasteiger partial charge >= 0.3 is 5.97 Å². The lowest BCUT2D eigenvalue weighted by molar-refractivity contribution is -0.143. The number of carboxylic acids is 1. The van der Waals surface area contributed by atoms with Crippen molar-refractivity contribution < 1.29 is 9.90 Å². The standard InChI is InChI=1S/C7H13NO2S/c1-2-5(6(9)10)7(8)3-11-4-7/h5H,2-4,8H2,1H3,(H,9,10). The smallest absolute Gasteiger partial charge is 0.308 e. The van der Waals surface area contributed by atoms with Gasteiger partial charge in [-0.1, -0.05) is 6.92 Å². The first-order valence-corrected chi connectivity index (χ1v) is 4.85. The molecule has 0 spiro atoms. The third kappa shape index (κ3) is 1.51. The molecule has 1 heterocycles. The van der Waals surface area contributed by atoms with Gasteiger partial charge in [0.15, 0.2) is 0 Å². The second-order valence-corrected chi connectivity index (χ2v) is 4.01. The minimum atomic E-state index is -0.754. The Labute approximate surface area is 70.3 Å². The summed E-state index contributed by atoms with van der Waals surface area (Å²) in [6, 6.07) is 0. The van der Waals surface area contributed by atoms with Gasteiger partial charge in [0, 0.05) is 17.0 Å². The van der Waals surface area contributed by atoms with E-state index in [2.05, 4.69) is 0 Å². The molecule has 0 radical (unpaired) electrons. The molecule has 1 aliphatic rings. The number of carboxylic acid groups (broad SMARTS) is 1. The first-order valence-electron chi connectivity index (χ1n) is 3.69. The molecular formula is C7H13NO2S. The van der Waals surface area contributed by atoms with E-state index < -0.39 is 11.5 Å². The lowest BCUT2D eigenvalue weighted by Crippen LogP contribution is -2.60. The zero-order chi connectivity index (χ0) is 8.48. The van der Waals surface area contributed by atoms with Gasteiger partial charge in [0.1, 0.15) is 0 Å². The van der Waals surface area contributed by atoms with Crippen molar-refractivity contribution in [1.82, 2.24) is 0 Å². The van der Waals surface area contributed by atoms with Crippen molar-refractivity contribution in [2.75, 3.05) is 11.5 Å². The number of nitrogens with two attached hydrogens (primary N) is 1. The van der Waals surface area contributed by atoms with Crippen LogP contribution in [-0.4, -0.2) is 28.1 Å². The number of rotatable bonds is 3. The van der Waals surface area contributed by atoms with Crippen LogP contribution in [0.25, 0.3) is 0 Å². The van der Waals surface area contributed by atoms with Crippen molar-refractivity contribution in [3.63, 3.8) is 0 Å². The lowest BCUT2D eigenvalue weighted by atomic mass is 9.85. The quantitative estimate of drug-likeness (QED) is 0.657. The minimum Gasteiger partial charge on any atom is -0.481 e. The van der Waals surface area contributed by atoms with Gasteiger partial charge in [-0.15, -0.1) is 0 Å². The Hall–Kier alpha value is -0.220. The van der Waals surface area contributed by atoms with E-state index in [1.54, 1.807) is 11.8 Å². The molecule has 0 aromatic rings. The van der Waals surface area contributed by atoms with Crippen LogP contribution in [0.4, 0.5) is 0 Å². The summed E-state index contributed by atoms with van der Waals surface area (Å²) in [4.78, 5) is 10.7. The normalized spacial score (nSPS) is 23.8. The fourth-order valence-corrected chi connectivity index (χ4v) is 2.44. The molecule has 1 atom stereocenters. The van der Waals surface area contributed by atoms with Crippen LogP contribution in [0.3, 0.4) is 0 Å². The molecule has 1 rings (SSSR count). The molecule has 0 aliphatic carbocycles. The summed E-state index contributed by atoms with van der Waals surface area (Å²) in [5.74, 6) is 0.467. The fourth-order valence-electron chi connectivity index (χ4n) is 1.37. The van der Waals surface area contributed by atoms with E-state index in [0.717, 1.165) is 11.5 Å². The first kappa shape index (κ1) is 8.87. The van der Waals surface area contributed by atoms with Gasteiger partial charge < -0.3 is 10.8 Å². The van der Waals surface area contributed by atoms with E-state index in [1.807, 2.05) is 6.92 Å². The predicted octanol–water partition coefficient (Wildman–Crippen LogP) is 0.542. The molecule has 1 aliphatic heterocycles. The van der Waals surface area contributed by atoms with Crippen LogP contribution in [0.2, 0.25) is 0 Å². The van der Waals surface area contributed by atoms with E-state index >= 15 is 0 Å². The Balaban J connectivity index is 2.60. The van der Waals surface area contributed by atoms with Crippen molar-refractivity contribution >= 4 is 17.7 Å². The Bertz CT molecular complexity index is 168. The highest BCUT2D eigenvalue weighted by Gasteiger charge is 2.44. The van der Waals surface area contributed by atoms with Gasteiger partial charge in [-0.25, -0.2) is 0 Å². The molecule has 64 valence electrons. The molecule has 0 saturated carbocycles. The summed E-state index contributed by atoms with van der Waals surface area (Å²) in [5, 5.41) is 8.78. The van der Waals surface area contributed by atoms with E-state index in [4.69, 9.17) is 10.8 Å². The minimum absolute atomic E-state index is 0.358. The van der Waals surface area contributed by atoms with E-state index in [1.165, 1.54) is 0 Å². The summed E-state index contributed by atoms with van der Waals surface area (Å²) in [5.41, 5.74) is 5.43. The number of hydrogen-bond acceptors (Lipinski definition) is 3. The third-order valence-corrected chi connectivity index (χ3v) is 3.63. The maximum absolute atomic E-state index is 10.7. The number of hydrogen-bond donors (Lipinski definition) is 2. The topological polar surface area (TPSA) is 63.3 Å². The molecule has 0 aromatic carbocycles. The number of aliphatic carboxylic acids is 1. The van der Waals surface area contributed by atoms with Crippen LogP contribution in [-0.2, 0) is 4.79 Å². The van der Waals surface area contributed by atoms with E-state index in [0.29, 0.717) is 6.42 Å². The van der Waals surface area contributed by atoms with Crippen LogP contribution in [0.5, 0.6) is 0 Å². The largest absolute Gasteiger partial charge is 0.481 e. The molecule has 3 N–H and O–H groups in total. The molecular weight excluding hydrogens is 162 g/mol. The van der Waals surface area contributed by atoms with Crippen LogP contribution < -0.4 is 5.73 Å². The van der Waals surface area contributed by atoms with Gasteiger partial charge in [0.25, 0.3) is 0 Å². The second kappa shape index (κ2) is 3.03. The molecule has 3 nitrogen and oxygen atoms in total. The van der Waals surface area contributed by atoms with Crippen molar-refractivity contribution in [2.45, 2.75) is 18.9 Å². The Morgan fingerprint density at radius 1 is 1.82 bits per heavy atom. The average Bonchev–Trinajstić information content (AvgIpc) is 1.85. The highest BCUT2D eigenvalue weighted by atomic mass is 32.2. The van der Waals surface area contributed by atoms with Crippen LogP contribution in [0.15, 0.2) is 0 Å². The van der Waals surface area contributed by atoms with Crippen LogP contribution in [0.1, 0.15) is 13.3 Å². The first-order chi connectivity index (χ1) is 5.10.